The number of aliphatic hydroxyl groups excluding tert-OH is 1. The Balaban J connectivity index is 1.28. The van der Waals surface area contributed by atoms with Crippen LogP contribution < -0.4 is 10.9 Å². The molecule has 0 aliphatic heterocycles. The Bertz CT molecular complexity index is 2100. The molecule has 1 atom stereocenters. The molecule has 0 amide bonds. The number of benzene rings is 2. The van der Waals surface area contributed by atoms with Crippen molar-refractivity contribution in [1.29, 1.82) is 0 Å². The number of aliphatic hydroxyl groups is 1. The standard InChI is InChI=1S/C34H27ClN6O5S/c35-28-11-10-25(47-28)19-38-29-16-27(26-13-15-40(34(46)32(26)44)14-12-21-17-36-20-37-18-21)39-41(29)33(45)24-8-6-23(7-9-24)31(43)30(42)22-4-2-1-3-5-22/h1-11,13,15-18,20,31,38,43-44H,12,14,19H2. The molecule has 6 rings (SSSR count). The van der Waals surface area contributed by atoms with Gasteiger partial charge in [0.25, 0.3) is 11.5 Å². The first-order chi connectivity index (χ1) is 22.8. The molecule has 11 nitrogen and oxygen atoms in total. The highest BCUT2D eigenvalue weighted by molar-refractivity contribution is 7.16. The Labute approximate surface area is 277 Å². The molecule has 236 valence electrons. The smallest absolute Gasteiger partial charge is 0.293 e. The number of hydrogen-bond acceptors (Lipinski definition) is 10. The minimum atomic E-state index is -1.40. The summed E-state index contributed by atoms with van der Waals surface area (Å²) in [4.78, 5) is 48.4. The summed E-state index contributed by atoms with van der Waals surface area (Å²) in [5.74, 6) is -1.17. The van der Waals surface area contributed by atoms with Gasteiger partial charge in [-0.15, -0.1) is 11.3 Å². The number of thiophene rings is 1. The topological polar surface area (TPSA) is 152 Å². The van der Waals surface area contributed by atoms with Gasteiger partial charge in [-0.1, -0.05) is 54.1 Å². The molecule has 0 bridgehead atoms. The van der Waals surface area contributed by atoms with Gasteiger partial charge in [0.05, 0.1) is 22.1 Å². The second kappa shape index (κ2) is 13.9. The first-order valence-corrected chi connectivity index (χ1v) is 15.6. The van der Waals surface area contributed by atoms with Crippen molar-refractivity contribution in [1.82, 2.24) is 24.3 Å². The molecule has 0 radical (unpaired) electrons. The van der Waals surface area contributed by atoms with Crippen LogP contribution in [0.4, 0.5) is 5.82 Å². The lowest BCUT2D eigenvalue weighted by molar-refractivity contribution is 0.0747. The maximum Gasteiger partial charge on any atom is 0.293 e. The number of nitrogens with one attached hydrogen (secondary N) is 1. The predicted molar refractivity (Wildman–Crippen MR) is 178 cm³/mol. The number of aromatic nitrogens is 5. The maximum atomic E-state index is 13.8. The molecule has 1 unspecified atom stereocenters. The predicted octanol–water partition coefficient (Wildman–Crippen LogP) is 5.38. The summed E-state index contributed by atoms with van der Waals surface area (Å²) >= 11 is 7.47. The van der Waals surface area contributed by atoms with Crippen LogP contribution in [0, 0.1) is 0 Å². The van der Waals surface area contributed by atoms with Crippen molar-refractivity contribution in [3.63, 3.8) is 0 Å². The average Bonchev–Trinajstić information content (AvgIpc) is 3.73. The van der Waals surface area contributed by atoms with Gasteiger partial charge in [-0.3, -0.25) is 14.4 Å². The Hall–Kier alpha value is -5.43. The third-order valence-corrected chi connectivity index (χ3v) is 8.66. The number of carbonyl (C=O) groups is 2. The SMILES string of the molecule is O=C(c1ccccc1)C(O)c1ccc(C(=O)n2nc(-c3ccn(CCc4cncnc4)c(=O)c3O)cc2NCc2ccc(Cl)s2)cc1. The number of carbonyl (C=O) groups excluding carboxylic acids is 2. The van der Waals surface area contributed by atoms with Crippen molar-refractivity contribution in [2.24, 2.45) is 0 Å². The molecule has 4 aromatic heterocycles. The lowest BCUT2D eigenvalue weighted by Gasteiger charge is -2.12. The summed E-state index contributed by atoms with van der Waals surface area (Å²) in [6, 6.07) is 21.2. The van der Waals surface area contributed by atoms with E-state index in [4.69, 9.17) is 11.6 Å². The van der Waals surface area contributed by atoms with Crippen LogP contribution >= 0.6 is 22.9 Å². The van der Waals surface area contributed by atoms with Crippen molar-refractivity contribution < 1.29 is 19.8 Å². The lowest BCUT2D eigenvalue weighted by Crippen LogP contribution is -2.20. The molecule has 4 heterocycles. The fourth-order valence-corrected chi connectivity index (χ4v) is 5.94. The zero-order valence-electron chi connectivity index (χ0n) is 24.7. The van der Waals surface area contributed by atoms with Crippen LogP contribution in [-0.2, 0) is 19.5 Å². The van der Waals surface area contributed by atoms with Gasteiger partial charge in [-0.05, 0) is 47.9 Å². The van der Waals surface area contributed by atoms with Crippen molar-refractivity contribution >= 4 is 40.4 Å². The summed E-state index contributed by atoms with van der Waals surface area (Å²) in [6.07, 6.45) is 5.39. The highest BCUT2D eigenvalue weighted by atomic mass is 35.5. The molecular weight excluding hydrogens is 640 g/mol. The van der Waals surface area contributed by atoms with E-state index in [1.54, 1.807) is 67.1 Å². The third-order valence-electron chi connectivity index (χ3n) is 7.43. The summed E-state index contributed by atoms with van der Waals surface area (Å²) in [5.41, 5.74) is 1.51. The number of aryl methyl sites for hydroxylation is 2. The number of nitrogens with zero attached hydrogens (tertiary/aromatic N) is 5. The van der Waals surface area contributed by atoms with Gasteiger partial charge in [-0.2, -0.15) is 9.78 Å². The van der Waals surface area contributed by atoms with E-state index in [1.165, 1.54) is 46.5 Å². The molecule has 0 aliphatic carbocycles. The number of anilines is 1. The van der Waals surface area contributed by atoms with Crippen LogP contribution in [-0.4, -0.2) is 46.2 Å². The number of aromatic hydroxyl groups is 1. The molecule has 6 aromatic rings. The van der Waals surface area contributed by atoms with Gasteiger partial charge >= 0.3 is 0 Å². The number of hydrogen-bond donors (Lipinski definition) is 3. The molecule has 0 saturated heterocycles. The van der Waals surface area contributed by atoms with Gasteiger partial charge in [0.1, 0.15) is 18.2 Å². The molecule has 0 saturated carbocycles. The Kier molecular flexibility index (Phi) is 9.34. The van der Waals surface area contributed by atoms with Gasteiger partial charge in [0, 0.05) is 47.2 Å². The van der Waals surface area contributed by atoms with Crippen molar-refractivity contribution in [2.75, 3.05) is 5.32 Å². The van der Waals surface area contributed by atoms with Crippen molar-refractivity contribution in [3.05, 3.63) is 146 Å². The largest absolute Gasteiger partial charge is 0.503 e. The summed E-state index contributed by atoms with van der Waals surface area (Å²) in [5, 5.41) is 29.3. The van der Waals surface area contributed by atoms with Gasteiger partial charge in [-0.25, -0.2) is 9.97 Å². The molecule has 13 heteroatoms. The molecule has 0 fully saturated rings. The molecule has 2 aromatic carbocycles. The van der Waals surface area contributed by atoms with E-state index in [1.807, 2.05) is 6.07 Å². The Morgan fingerprint density at radius 1 is 0.957 bits per heavy atom. The van der Waals surface area contributed by atoms with E-state index in [-0.39, 0.29) is 16.8 Å². The monoisotopic (exact) mass is 666 g/mol. The van der Waals surface area contributed by atoms with Gasteiger partial charge < -0.3 is 20.1 Å². The van der Waals surface area contributed by atoms with Crippen LogP contribution in [0.3, 0.4) is 0 Å². The van der Waals surface area contributed by atoms with E-state index in [0.717, 1.165) is 15.1 Å². The average molecular weight is 667 g/mol. The van der Waals surface area contributed by atoms with Gasteiger partial charge in [0.15, 0.2) is 11.5 Å². The Morgan fingerprint density at radius 2 is 1.70 bits per heavy atom. The number of ketones is 1. The zero-order chi connectivity index (χ0) is 32.9. The molecule has 0 spiro atoms. The molecular formula is C34H27ClN6O5S. The van der Waals surface area contributed by atoms with E-state index < -0.39 is 29.1 Å². The second-order valence-corrected chi connectivity index (χ2v) is 12.3. The van der Waals surface area contributed by atoms with Crippen LogP contribution in [0.1, 0.15) is 42.8 Å². The van der Waals surface area contributed by atoms with Crippen molar-refractivity contribution in [3.8, 4) is 17.0 Å². The lowest BCUT2D eigenvalue weighted by atomic mass is 9.99. The van der Waals surface area contributed by atoms with E-state index in [0.29, 0.717) is 40.8 Å². The summed E-state index contributed by atoms with van der Waals surface area (Å²) in [7, 11) is 0. The van der Waals surface area contributed by atoms with E-state index in [2.05, 4.69) is 20.4 Å². The Morgan fingerprint density at radius 3 is 2.40 bits per heavy atom. The van der Waals surface area contributed by atoms with Crippen LogP contribution in [0.5, 0.6) is 5.75 Å². The second-order valence-electron chi connectivity index (χ2n) is 10.5. The first-order valence-electron chi connectivity index (χ1n) is 14.5. The molecule has 0 aliphatic rings. The minimum absolute atomic E-state index is 0.154. The highest BCUT2D eigenvalue weighted by Gasteiger charge is 2.23. The van der Waals surface area contributed by atoms with Crippen LogP contribution in [0.25, 0.3) is 11.3 Å². The van der Waals surface area contributed by atoms with E-state index in [9.17, 15) is 24.6 Å². The third kappa shape index (κ3) is 7.04. The summed E-state index contributed by atoms with van der Waals surface area (Å²) in [6.45, 7) is 0.629. The molecule has 3 N–H and O–H groups in total. The fourth-order valence-electron chi connectivity index (χ4n) is 4.91. The highest BCUT2D eigenvalue weighted by Crippen LogP contribution is 2.29. The van der Waals surface area contributed by atoms with E-state index >= 15 is 0 Å². The number of Topliss-reactive ketones (excluding diaryl/α,β-unsaturated/α-hetero) is 1. The van der Waals surface area contributed by atoms with Crippen LogP contribution in [0.15, 0.2) is 109 Å². The quantitative estimate of drug-likeness (QED) is 0.155. The van der Waals surface area contributed by atoms with Crippen LogP contribution in [0.2, 0.25) is 4.34 Å². The minimum Gasteiger partial charge on any atom is -0.503 e. The molecule has 47 heavy (non-hydrogen) atoms. The maximum absolute atomic E-state index is 13.8. The fraction of sp³-hybridized carbons (Fsp3) is 0.118. The first kappa shape index (κ1) is 31.5. The zero-order valence-corrected chi connectivity index (χ0v) is 26.2. The van der Waals surface area contributed by atoms with Gasteiger partial charge in [0.2, 0.25) is 0 Å². The summed E-state index contributed by atoms with van der Waals surface area (Å²) < 4.78 is 3.14. The van der Waals surface area contributed by atoms with Crippen molar-refractivity contribution in [2.45, 2.75) is 25.6 Å². The number of halogens is 1. The number of pyridine rings is 1. The normalized spacial score (nSPS) is 11.7. The number of rotatable bonds is 11.